The fourth-order valence-corrected chi connectivity index (χ4v) is 0.584. The van der Waals surface area contributed by atoms with Crippen LogP contribution in [0.2, 0.25) is 0 Å². The highest BCUT2D eigenvalue weighted by atomic mass is 19.4. The van der Waals surface area contributed by atoms with Crippen molar-refractivity contribution >= 4 is 0 Å². The van der Waals surface area contributed by atoms with Crippen molar-refractivity contribution in [3.05, 3.63) is 0 Å². The summed E-state index contributed by atoms with van der Waals surface area (Å²) in [5, 5.41) is 0. The van der Waals surface area contributed by atoms with Crippen molar-refractivity contribution in [3.8, 4) is 0 Å². The summed E-state index contributed by atoms with van der Waals surface area (Å²) in [6, 6.07) is 0. The van der Waals surface area contributed by atoms with Gasteiger partial charge >= 0.3 is 30.4 Å². The molecule has 0 aliphatic rings. The molecule has 0 aliphatic heterocycles. The van der Waals surface area contributed by atoms with Gasteiger partial charge in [-0.05, 0) is 0 Å². The number of alkyl halides is 11. The zero-order valence-corrected chi connectivity index (χ0v) is 9.18. The number of hydrogen-bond donors (Lipinski definition) is 0. The van der Waals surface area contributed by atoms with Crippen molar-refractivity contribution in [2.45, 2.75) is 37.3 Å². The molecule has 20 heavy (non-hydrogen) atoms. The second-order valence-electron chi connectivity index (χ2n) is 3.41. The van der Waals surface area contributed by atoms with E-state index < -0.39 is 44.0 Å². The van der Waals surface area contributed by atoms with E-state index in [0.29, 0.717) is 0 Å². The van der Waals surface area contributed by atoms with Gasteiger partial charge in [0.2, 0.25) is 0 Å². The van der Waals surface area contributed by atoms with Gasteiger partial charge in [-0.3, -0.25) is 0 Å². The van der Waals surface area contributed by atoms with Crippen LogP contribution in [0, 0.1) is 0 Å². The Labute approximate surface area is 103 Å². The number of halogens is 11. The largest absolute Gasteiger partial charge is 0.453 e. The lowest BCUT2D eigenvalue weighted by molar-refractivity contribution is -0.527. The Balaban J connectivity index is 5.22. The molecule has 0 N–H and O–H groups in total. The van der Waals surface area contributed by atoms with E-state index in [4.69, 9.17) is 0 Å². The number of hydrogen-bond acceptors (Lipinski definition) is 2. The molecule has 0 radical (unpaired) electrons. The van der Waals surface area contributed by atoms with Crippen LogP contribution in [-0.4, -0.2) is 37.0 Å². The molecule has 0 aromatic carbocycles. The van der Waals surface area contributed by atoms with Crippen molar-refractivity contribution in [1.29, 1.82) is 0 Å². The minimum Gasteiger partial charge on any atom is -0.246 e. The van der Waals surface area contributed by atoms with Gasteiger partial charge in [-0.25, -0.2) is 13.9 Å². The highest BCUT2D eigenvalue weighted by Gasteiger charge is 2.70. The van der Waals surface area contributed by atoms with E-state index in [1.807, 2.05) is 9.47 Å². The fraction of sp³-hybridized carbons (Fsp3) is 1.00. The molecule has 0 aromatic heterocycles. The molecular weight excluding hydrogens is 325 g/mol. The standard InChI is InChI=1S/C7H5F11O2/c1-3(9,10)5(13,14)20-7(17,18)6(15,16)19-4(11,12)2-8/h2H2,1H3. The van der Waals surface area contributed by atoms with Crippen LogP contribution in [0.15, 0.2) is 0 Å². The molecule has 0 heterocycles. The van der Waals surface area contributed by atoms with E-state index >= 15 is 0 Å². The predicted octanol–water partition coefficient (Wildman–Crippen LogP) is 4.02. The molecule has 0 amide bonds. The Morgan fingerprint density at radius 2 is 1.00 bits per heavy atom. The summed E-state index contributed by atoms with van der Waals surface area (Å²) in [6.45, 7) is -3.66. The van der Waals surface area contributed by atoms with Crippen LogP contribution in [0.5, 0.6) is 0 Å². The second kappa shape index (κ2) is 5.16. The summed E-state index contributed by atoms with van der Waals surface area (Å²) < 4.78 is 138. The minimum atomic E-state index is -6.59. The molecule has 13 heteroatoms. The second-order valence-corrected chi connectivity index (χ2v) is 3.41. The highest BCUT2D eigenvalue weighted by Crippen LogP contribution is 2.46. The predicted molar refractivity (Wildman–Crippen MR) is 38.6 cm³/mol. The van der Waals surface area contributed by atoms with Gasteiger partial charge in [-0.15, -0.1) is 0 Å². The van der Waals surface area contributed by atoms with Crippen LogP contribution >= 0.6 is 0 Å². The molecule has 0 fully saturated rings. The van der Waals surface area contributed by atoms with E-state index in [-0.39, 0.29) is 0 Å². The lowest BCUT2D eigenvalue weighted by Gasteiger charge is -2.32. The fourth-order valence-electron chi connectivity index (χ4n) is 0.584. The number of ether oxygens (including phenoxy) is 2. The van der Waals surface area contributed by atoms with Crippen LogP contribution in [0.4, 0.5) is 48.3 Å². The molecule has 0 bridgehead atoms. The SMILES string of the molecule is CC(F)(F)C(F)(F)OC(F)(F)C(F)(F)OC(F)(F)CF. The Kier molecular flexibility index (Phi) is 4.95. The van der Waals surface area contributed by atoms with Gasteiger partial charge in [0.05, 0.1) is 0 Å². The maximum Gasteiger partial charge on any atom is 0.453 e. The van der Waals surface area contributed by atoms with E-state index in [0.717, 1.165) is 0 Å². The summed E-state index contributed by atoms with van der Waals surface area (Å²) in [7, 11) is 0. The molecule has 0 saturated carbocycles. The van der Waals surface area contributed by atoms with Crippen molar-refractivity contribution in [2.24, 2.45) is 0 Å². The first-order chi connectivity index (χ1) is 8.47. The Bertz CT molecular complexity index is 334. The van der Waals surface area contributed by atoms with Crippen molar-refractivity contribution < 1.29 is 57.8 Å². The first-order valence-corrected chi connectivity index (χ1v) is 4.33. The van der Waals surface area contributed by atoms with Gasteiger partial charge < -0.3 is 0 Å². The van der Waals surface area contributed by atoms with Crippen molar-refractivity contribution in [1.82, 2.24) is 0 Å². The van der Waals surface area contributed by atoms with E-state index in [1.165, 1.54) is 0 Å². The van der Waals surface area contributed by atoms with E-state index in [1.54, 1.807) is 0 Å². The molecule has 0 saturated heterocycles. The maximum atomic E-state index is 12.5. The molecule has 122 valence electrons. The van der Waals surface area contributed by atoms with Gasteiger partial charge in [0.25, 0.3) is 0 Å². The minimum absolute atomic E-state index is 0.655. The van der Waals surface area contributed by atoms with E-state index in [2.05, 4.69) is 0 Å². The van der Waals surface area contributed by atoms with Gasteiger partial charge in [-0.1, -0.05) is 0 Å². The van der Waals surface area contributed by atoms with E-state index in [9.17, 15) is 48.3 Å². The van der Waals surface area contributed by atoms with Gasteiger partial charge in [0, 0.05) is 6.92 Å². The molecule has 0 unspecified atom stereocenters. The smallest absolute Gasteiger partial charge is 0.246 e. The Morgan fingerprint density at radius 1 is 0.650 bits per heavy atom. The lowest BCUT2D eigenvalue weighted by atomic mass is 10.3. The average molecular weight is 330 g/mol. The number of rotatable bonds is 7. The molecular formula is C7H5F11O2. The van der Waals surface area contributed by atoms with Crippen molar-refractivity contribution in [2.75, 3.05) is 6.67 Å². The molecule has 0 rings (SSSR count). The zero-order chi connectivity index (χ0) is 16.6. The van der Waals surface area contributed by atoms with Crippen molar-refractivity contribution in [3.63, 3.8) is 0 Å². The quantitative estimate of drug-likeness (QED) is 0.657. The lowest BCUT2D eigenvalue weighted by Crippen LogP contribution is -2.55. The highest BCUT2D eigenvalue weighted by molar-refractivity contribution is 4.77. The topological polar surface area (TPSA) is 18.5 Å². The zero-order valence-electron chi connectivity index (χ0n) is 9.18. The summed E-state index contributed by atoms with van der Waals surface area (Å²) >= 11 is 0. The van der Waals surface area contributed by atoms with Crippen LogP contribution in [0.25, 0.3) is 0 Å². The van der Waals surface area contributed by atoms with Crippen LogP contribution in [0.3, 0.4) is 0 Å². The maximum absolute atomic E-state index is 12.5. The summed E-state index contributed by atoms with van der Waals surface area (Å²) in [5.74, 6) is -5.34. The third kappa shape index (κ3) is 4.33. The molecule has 0 aliphatic carbocycles. The first-order valence-electron chi connectivity index (χ1n) is 4.33. The van der Waals surface area contributed by atoms with Crippen LogP contribution < -0.4 is 0 Å². The van der Waals surface area contributed by atoms with Gasteiger partial charge in [0.1, 0.15) is 0 Å². The molecule has 2 nitrogen and oxygen atoms in total. The van der Waals surface area contributed by atoms with Crippen LogP contribution in [-0.2, 0) is 9.47 Å². The summed E-state index contributed by atoms with van der Waals surface area (Å²) in [6.07, 6.45) is -24.7. The monoisotopic (exact) mass is 330 g/mol. The third-order valence-corrected chi connectivity index (χ3v) is 1.54. The summed E-state index contributed by atoms with van der Waals surface area (Å²) in [4.78, 5) is 0. The molecule has 0 atom stereocenters. The third-order valence-electron chi connectivity index (χ3n) is 1.54. The van der Waals surface area contributed by atoms with Gasteiger partial charge in [0.15, 0.2) is 6.67 Å². The normalized spacial score (nSPS) is 15.6. The first kappa shape index (κ1) is 19.1. The Morgan fingerprint density at radius 3 is 1.30 bits per heavy atom. The Hall–Kier alpha value is -0.850. The van der Waals surface area contributed by atoms with Crippen LogP contribution in [0.1, 0.15) is 6.92 Å². The molecule has 0 spiro atoms. The van der Waals surface area contributed by atoms with Gasteiger partial charge in [-0.2, -0.15) is 43.9 Å². The molecule has 0 aromatic rings. The average Bonchev–Trinajstić information content (AvgIpc) is 2.12. The summed E-state index contributed by atoms with van der Waals surface area (Å²) in [5.41, 5.74) is 0.